The van der Waals surface area contributed by atoms with Gasteiger partial charge in [0.15, 0.2) is 0 Å². The number of aryl methyl sites for hydroxylation is 1. The summed E-state index contributed by atoms with van der Waals surface area (Å²) in [5.74, 6) is -0.203. The largest absolute Gasteiger partial charge is 0.480 e. The molecule has 1 rings (SSSR count). The molecular formula is C8H13N3O2. The van der Waals surface area contributed by atoms with Crippen LogP contribution in [0.5, 0.6) is 0 Å². The van der Waals surface area contributed by atoms with Crippen molar-refractivity contribution in [1.82, 2.24) is 14.8 Å². The van der Waals surface area contributed by atoms with Crippen LogP contribution in [-0.4, -0.2) is 25.8 Å². The second-order valence-corrected chi connectivity index (χ2v) is 3.31. The van der Waals surface area contributed by atoms with E-state index >= 15 is 0 Å². The Bertz CT molecular complexity index is 306. The number of carbonyl (C=O) groups is 1. The highest BCUT2D eigenvalue weighted by Crippen LogP contribution is 2.18. The van der Waals surface area contributed by atoms with Crippen molar-refractivity contribution in [2.45, 2.75) is 26.8 Å². The quantitative estimate of drug-likeness (QED) is 0.754. The second kappa shape index (κ2) is 3.55. The van der Waals surface area contributed by atoms with Crippen LogP contribution in [0, 0.1) is 12.8 Å². The molecule has 0 radical (unpaired) electrons. The maximum atomic E-state index is 10.9. The lowest BCUT2D eigenvalue weighted by Crippen LogP contribution is -2.24. The molecule has 0 aliphatic carbocycles. The normalized spacial score (nSPS) is 13.2. The topological polar surface area (TPSA) is 68.0 Å². The molecule has 1 aromatic rings. The van der Waals surface area contributed by atoms with Gasteiger partial charge in [-0.1, -0.05) is 13.8 Å². The second-order valence-electron chi connectivity index (χ2n) is 3.31. The first kappa shape index (κ1) is 9.70. The minimum Gasteiger partial charge on any atom is -0.480 e. The molecule has 0 amide bonds. The van der Waals surface area contributed by atoms with Crippen molar-refractivity contribution in [3.05, 3.63) is 12.2 Å². The zero-order valence-corrected chi connectivity index (χ0v) is 7.93. The molecule has 1 heterocycles. The van der Waals surface area contributed by atoms with Crippen LogP contribution in [0.4, 0.5) is 0 Å². The highest BCUT2D eigenvalue weighted by molar-refractivity contribution is 5.72. The van der Waals surface area contributed by atoms with Crippen LogP contribution in [0.2, 0.25) is 0 Å². The molecular weight excluding hydrogens is 170 g/mol. The van der Waals surface area contributed by atoms with Crippen LogP contribution in [0.25, 0.3) is 0 Å². The zero-order chi connectivity index (χ0) is 10.0. The van der Waals surface area contributed by atoms with Gasteiger partial charge in [0.2, 0.25) is 0 Å². The van der Waals surface area contributed by atoms with Crippen LogP contribution in [0.1, 0.15) is 25.7 Å². The number of aromatic nitrogens is 3. The SMILES string of the molecule is Cc1nncn1C(C(=O)O)C(C)C. The van der Waals surface area contributed by atoms with E-state index < -0.39 is 12.0 Å². The van der Waals surface area contributed by atoms with Gasteiger partial charge in [-0.3, -0.25) is 0 Å². The first-order valence-corrected chi connectivity index (χ1v) is 4.13. The van der Waals surface area contributed by atoms with E-state index in [1.807, 2.05) is 13.8 Å². The number of carboxylic acids is 1. The summed E-state index contributed by atoms with van der Waals surface area (Å²) in [6.07, 6.45) is 1.45. The average Bonchev–Trinajstić information content (AvgIpc) is 2.35. The van der Waals surface area contributed by atoms with Crippen molar-refractivity contribution in [1.29, 1.82) is 0 Å². The van der Waals surface area contributed by atoms with E-state index in [9.17, 15) is 4.79 Å². The van der Waals surface area contributed by atoms with Gasteiger partial charge in [-0.15, -0.1) is 10.2 Å². The Morgan fingerprint density at radius 2 is 2.23 bits per heavy atom. The van der Waals surface area contributed by atoms with E-state index in [2.05, 4.69) is 10.2 Å². The fourth-order valence-electron chi connectivity index (χ4n) is 1.30. The maximum absolute atomic E-state index is 10.9. The smallest absolute Gasteiger partial charge is 0.327 e. The lowest BCUT2D eigenvalue weighted by molar-refractivity contribution is -0.142. The van der Waals surface area contributed by atoms with Crippen molar-refractivity contribution < 1.29 is 9.90 Å². The summed E-state index contributed by atoms with van der Waals surface area (Å²) in [5, 5.41) is 16.4. The molecule has 1 unspecified atom stereocenters. The Balaban J connectivity index is 3.02. The Morgan fingerprint density at radius 1 is 1.62 bits per heavy atom. The van der Waals surface area contributed by atoms with Crippen molar-refractivity contribution >= 4 is 5.97 Å². The van der Waals surface area contributed by atoms with E-state index in [-0.39, 0.29) is 5.92 Å². The molecule has 0 aliphatic heterocycles. The van der Waals surface area contributed by atoms with Crippen LogP contribution < -0.4 is 0 Å². The highest BCUT2D eigenvalue weighted by Gasteiger charge is 2.24. The van der Waals surface area contributed by atoms with Crippen molar-refractivity contribution in [2.75, 3.05) is 0 Å². The van der Waals surface area contributed by atoms with Crippen molar-refractivity contribution in [2.24, 2.45) is 5.92 Å². The van der Waals surface area contributed by atoms with Crippen LogP contribution in [-0.2, 0) is 4.79 Å². The van der Waals surface area contributed by atoms with E-state index in [1.54, 1.807) is 11.5 Å². The molecule has 5 nitrogen and oxygen atoms in total. The fraction of sp³-hybridized carbons (Fsp3) is 0.625. The van der Waals surface area contributed by atoms with E-state index in [0.717, 1.165) is 0 Å². The first-order valence-electron chi connectivity index (χ1n) is 4.13. The Morgan fingerprint density at radius 3 is 2.54 bits per heavy atom. The summed E-state index contributed by atoms with van der Waals surface area (Å²) < 4.78 is 1.58. The molecule has 0 saturated carbocycles. The minimum absolute atomic E-state index is 0.0206. The number of rotatable bonds is 3. The zero-order valence-electron chi connectivity index (χ0n) is 7.93. The van der Waals surface area contributed by atoms with Crippen molar-refractivity contribution in [3.8, 4) is 0 Å². The van der Waals surface area contributed by atoms with Crippen LogP contribution in [0.3, 0.4) is 0 Å². The molecule has 0 saturated heterocycles. The van der Waals surface area contributed by atoms with Crippen LogP contribution >= 0.6 is 0 Å². The number of nitrogens with zero attached hydrogens (tertiary/aromatic N) is 3. The average molecular weight is 183 g/mol. The monoisotopic (exact) mass is 183 g/mol. The fourth-order valence-corrected chi connectivity index (χ4v) is 1.30. The van der Waals surface area contributed by atoms with E-state index in [4.69, 9.17) is 5.11 Å². The molecule has 72 valence electrons. The van der Waals surface area contributed by atoms with Gasteiger partial charge in [-0.25, -0.2) is 4.79 Å². The summed E-state index contributed by atoms with van der Waals surface area (Å²) in [6.45, 7) is 5.46. The van der Waals surface area contributed by atoms with Gasteiger partial charge in [0.05, 0.1) is 0 Å². The molecule has 0 spiro atoms. The number of aliphatic carboxylic acids is 1. The van der Waals surface area contributed by atoms with Gasteiger partial charge in [0.25, 0.3) is 0 Å². The maximum Gasteiger partial charge on any atom is 0.327 e. The summed E-state index contributed by atoms with van der Waals surface area (Å²) in [7, 11) is 0. The molecule has 0 bridgehead atoms. The summed E-state index contributed by atoms with van der Waals surface area (Å²) >= 11 is 0. The number of carboxylic acid groups (broad SMARTS) is 1. The summed E-state index contributed by atoms with van der Waals surface area (Å²) in [5.41, 5.74) is 0. The minimum atomic E-state index is -0.849. The molecule has 13 heavy (non-hydrogen) atoms. The lowest BCUT2D eigenvalue weighted by Gasteiger charge is -2.17. The van der Waals surface area contributed by atoms with Gasteiger partial charge < -0.3 is 9.67 Å². The molecule has 1 N–H and O–H groups in total. The first-order chi connectivity index (χ1) is 6.04. The lowest BCUT2D eigenvalue weighted by atomic mass is 10.0. The Kier molecular flexibility index (Phi) is 2.65. The molecule has 5 heteroatoms. The standard InChI is InChI=1S/C8H13N3O2/c1-5(2)7(8(12)13)11-4-9-10-6(11)3/h4-5,7H,1-3H3,(H,12,13). The van der Waals surface area contributed by atoms with Gasteiger partial charge in [0, 0.05) is 0 Å². The third kappa shape index (κ3) is 1.85. The highest BCUT2D eigenvalue weighted by atomic mass is 16.4. The van der Waals surface area contributed by atoms with E-state index in [1.165, 1.54) is 6.33 Å². The molecule has 0 aliphatic rings. The molecule has 0 aromatic carbocycles. The van der Waals surface area contributed by atoms with Crippen molar-refractivity contribution in [3.63, 3.8) is 0 Å². The van der Waals surface area contributed by atoms with Crippen LogP contribution in [0.15, 0.2) is 6.33 Å². The third-order valence-corrected chi connectivity index (χ3v) is 1.94. The third-order valence-electron chi connectivity index (χ3n) is 1.94. The Labute approximate surface area is 76.4 Å². The molecule has 1 atom stereocenters. The number of hydrogen-bond donors (Lipinski definition) is 1. The predicted molar refractivity (Wildman–Crippen MR) is 46.3 cm³/mol. The van der Waals surface area contributed by atoms with E-state index in [0.29, 0.717) is 5.82 Å². The number of hydrogen-bond acceptors (Lipinski definition) is 3. The van der Waals surface area contributed by atoms with Gasteiger partial charge in [0.1, 0.15) is 18.2 Å². The molecule has 0 fully saturated rings. The summed E-state index contributed by atoms with van der Waals surface area (Å²) in [4.78, 5) is 10.9. The van der Waals surface area contributed by atoms with Gasteiger partial charge in [-0.05, 0) is 12.8 Å². The van der Waals surface area contributed by atoms with Gasteiger partial charge >= 0.3 is 5.97 Å². The Hall–Kier alpha value is -1.39. The predicted octanol–water partition coefficient (Wildman–Crippen LogP) is 0.868. The summed E-state index contributed by atoms with van der Waals surface area (Å²) in [6, 6.07) is -0.574. The molecule has 1 aromatic heterocycles. The van der Waals surface area contributed by atoms with Gasteiger partial charge in [-0.2, -0.15) is 0 Å².